The van der Waals surface area contributed by atoms with Crippen molar-refractivity contribution >= 4 is 11.9 Å². The Labute approximate surface area is 132 Å². The van der Waals surface area contributed by atoms with Crippen LogP contribution in [0.5, 0.6) is 0 Å². The number of aliphatic carboxylic acids is 1. The number of hydrogen-bond acceptors (Lipinski definition) is 2. The summed E-state index contributed by atoms with van der Waals surface area (Å²) in [7, 11) is 0. The number of carboxylic acids is 1. The summed E-state index contributed by atoms with van der Waals surface area (Å²) >= 11 is 0. The van der Waals surface area contributed by atoms with Crippen molar-refractivity contribution in [2.24, 2.45) is 5.92 Å². The maximum absolute atomic E-state index is 12.5. The van der Waals surface area contributed by atoms with Gasteiger partial charge in [0.15, 0.2) is 0 Å². The van der Waals surface area contributed by atoms with Crippen LogP contribution in [0.3, 0.4) is 0 Å². The van der Waals surface area contributed by atoms with Crippen molar-refractivity contribution in [1.29, 1.82) is 0 Å². The monoisotopic (exact) mass is 303 g/mol. The summed E-state index contributed by atoms with van der Waals surface area (Å²) < 4.78 is 0. The molecule has 1 aromatic carbocycles. The quantitative estimate of drug-likeness (QED) is 0.877. The molecule has 2 atom stereocenters. The molecule has 1 aromatic rings. The normalized spacial score (nSPS) is 19.7. The molecule has 4 heteroatoms. The molecular formula is C18H25NO3. The molecule has 0 aliphatic carbocycles. The minimum absolute atomic E-state index is 0.191. The van der Waals surface area contributed by atoms with Gasteiger partial charge in [-0.3, -0.25) is 9.59 Å². The van der Waals surface area contributed by atoms with Crippen molar-refractivity contribution in [3.05, 3.63) is 35.9 Å². The fourth-order valence-electron chi connectivity index (χ4n) is 3.15. The van der Waals surface area contributed by atoms with Gasteiger partial charge in [-0.1, -0.05) is 37.3 Å². The predicted molar refractivity (Wildman–Crippen MR) is 85.6 cm³/mol. The van der Waals surface area contributed by atoms with Gasteiger partial charge in [0.05, 0.1) is 0 Å². The molecular weight excluding hydrogens is 278 g/mol. The van der Waals surface area contributed by atoms with Crippen molar-refractivity contribution in [3.8, 4) is 0 Å². The zero-order valence-electron chi connectivity index (χ0n) is 13.2. The standard InChI is InChI=1S/C18H25NO3/c1-14(16-7-3-2-4-8-16)12-17(20)19-11-5-6-15(13-19)9-10-18(21)22/h2-4,7-8,14-15H,5-6,9-13H2,1H3,(H,21,22). The van der Waals surface area contributed by atoms with E-state index in [4.69, 9.17) is 5.11 Å². The summed E-state index contributed by atoms with van der Waals surface area (Å²) in [5.41, 5.74) is 1.19. The fourth-order valence-corrected chi connectivity index (χ4v) is 3.15. The maximum Gasteiger partial charge on any atom is 0.303 e. The number of carbonyl (C=O) groups excluding carboxylic acids is 1. The van der Waals surface area contributed by atoms with Gasteiger partial charge in [-0.05, 0) is 36.7 Å². The minimum Gasteiger partial charge on any atom is -0.481 e. The van der Waals surface area contributed by atoms with E-state index in [0.717, 1.165) is 19.4 Å². The number of rotatable bonds is 6. The summed E-state index contributed by atoms with van der Waals surface area (Å²) in [6, 6.07) is 10.1. The average molecular weight is 303 g/mol. The van der Waals surface area contributed by atoms with E-state index in [1.807, 2.05) is 23.1 Å². The van der Waals surface area contributed by atoms with E-state index < -0.39 is 5.97 Å². The van der Waals surface area contributed by atoms with Crippen LogP contribution >= 0.6 is 0 Å². The molecule has 1 N–H and O–H groups in total. The molecule has 4 nitrogen and oxygen atoms in total. The average Bonchev–Trinajstić information content (AvgIpc) is 2.54. The van der Waals surface area contributed by atoms with Crippen LogP contribution in [0.4, 0.5) is 0 Å². The molecule has 0 spiro atoms. The first-order valence-electron chi connectivity index (χ1n) is 8.10. The Hall–Kier alpha value is -1.84. The molecule has 1 saturated heterocycles. The molecule has 0 radical (unpaired) electrons. The lowest BCUT2D eigenvalue weighted by Gasteiger charge is -2.33. The second-order valence-electron chi connectivity index (χ2n) is 6.30. The molecule has 1 aliphatic heterocycles. The lowest BCUT2D eigenvalue weighted by atomic mass is 9.92. The van der Waals surface area contributed by atoms with E-state index in [-0.39, 0.29) is 18.2 Å². The first kappa shape index (κ1) is 16.5. The number of carbonyl (C=O) groups is 2. The summed E-state index contributed by atoms with van der Waals surface area (Å²) in [6.45, 7) is 3.61. The van der Waals surface area contributed by atoms with Gasteiger partial charge < -0.3 is 10.0 Å². The highest BCUT2D eigenvalue weighted by Gasteiger charge is 2.25. The second kappa shape index (κ2) is 7.97. The Balaban J connectivity index is 1.85. The van der Waals surface area contributed by atoms with Crippen LogP contribution in [-0.4, -0.2) is 35.0 Å². The smallest absolute Gasteiger partial charge is 0.303 e. The third kappa shape index (κ3) is 4.86. The molecule has 1 aliphatic rings. The van der Waals surface area contributed by atoms with Crippen molar-refractivity contribution in [2.45, 2.75) is 44.9 Å². The van der Waals surface area contributed by atoms with Crippen LogP contribution in [-0.2, 0) is 9.59 Å². The fraction of sp³-hybridized carbons (Fsp3) is 0.556. The highest BCUT2D eigenvalue weighted by molar-refractivity contribution is 5.77. The number of amides is 1. The van der Waals surface area contributed by atoms with Crippen LogP contribution in [0.1, 0.15) is 50.5 Å². The number of carboxylic acid groups (broad SMARTS) is 1. The van der Waals surface area contributed by atoms with Crippen LogP contribution < -0.4 is 0 Å². The van der Waals surface area contributed by atoms with E-state index in [0.29, 0.717) is 25.3 Å². The molecule has 1 fully saturated rings. The Morgan fingerprint density at radius 3 is 2.73 bits per heavy atom. The van der Waals surface area contributed by atoms with E-state index in [9.17, 15) is 9.59 Å². The van der Waals surface area contributed by atoms with Crippen molar-refractivity contribution in [2.75, 3.05) is 13.1 Å². The van der Waals surface area contributed by atoms with Crippen LogP contribution in [0.15, 0.2) is 30.3 Å². The molecule has 0 bridgehead atoms. The molecule has 120 valence electrons. The zero-order chi connectivity index (χ0) is 15.9. The molecule has 2 rings (SSSR count). The van der Waals surface area contributed by atoms with E-state index in [1.54, 1.807) is 0 Å². The van der Waals surface area contributed by atoms with Gasteiger partial charge in [-0.25, -0.2) is 0 Å². The van der Waals surface area contributed by atoms with Crippen LogP contribution in [0.2, 0.25) is 0 Å². The van der Waals surface area contributed by atoms with Crippen LogP contribution in [0.25, 0.3) is 0 Å². The predicted octanol–water partition coefficient (Wildman–Crippen LogP) is 3.28. The number of piperidine rings is 1. The Kier molecular flexibility index (Phi) is 5.99. The topological polar surface area (TPSA) is 57.6 Å². The lowest BCUT2D eigenvalue weighted by Crippen LogP contribution is -2.40. The van der Waals surface area contributed by atoms with Gasteiger partial charge >= 0.3 is 5.97 Å². The maximum atomic E-state index is 12.5. The third-order valence-electron chi connectivity index (χ3n) is 4.49. The Bertz CT molecular complexity index is 500. The molecule has 1 heterocycles. The van der Waals surface area contributed by atoms with Gasteiger partial charge in [0.25, 0.3) is 0 Å². The molecule has 0 aromatic heterocycles. The van der Waals surface area contributed by atoms with Crippen molar-refractivity contribution < 1.29 is 14.7 Å². The highest BCUT2D eigenvalue weighted by atomic mass is 16.4. The molecule has 22 heavy (non-hydrogen) atoms. The lowest BCUT2D eigenvalue weighted by molar-refractivity contribution is -0.137. The summed E-state index contributed by atoms with van der Waals surface area (Å²) in [5, 5.41) is 8.78. The Morgan fingerprint density at radius 2 is 2.05 bits per heavy atom. The van der Waals surface area contributed by atoms with E-state index >= 15 is 0 Å². The SMILES string of the molecule is CC(CC(=O)N1CCCC(CCC(=O)O)C1)c1ccccc1. The number of benzene rings is 1. The molecule has 1 amide bonds. The van der Waals surface area contributed by atoms with Crippen molar-refractivity contribution in [1.82, 2.24) is 4.90 Å². The van der Waals surface area contributed by atoms with Gasteiger partial charge in [0.2, 0.25) is 5.91 Å². The largest absolute Gasteiger partial charge is 0.481 e. The third-order valence-corrected chi connectivity index (χ3v) is 4.49. The van der Waals surface area contributed by atoms with Gasteiger partial charge in [0, 0.05) is 25.9 Å². The van der Waals surface area contributed by atoms with Crippen LogP contribution in [0, 0.1) is 5.92 Å². The molecule has 2 unspecified atom stereocenters. The number of likely N-dealkylation sites (tertiary alicyclic amines) is 1. The molecule has 0 saturated carbocycles. The first-order valence-corrected chi connectivity index (χ1v) is 8.10. The second-order valence-corrected chi connectivity index (χ2v) is 6.30. The van der Waals surface area contributed by atoms with Gasteiger partial charge in [0.1, 0.15) is 0 Å². The zero-order valence-corrected chi connectivity index (χ0v) is 13.2. The highest BCUT2D eigenvalue weighted by Crippen LogP contribution is 2.24. The summed E-state index contributed by atoms with van der Waals surface area (Å²) in [6.07, 6.45) is 3.41. The number of hydrogen-bond donors (Lipinski definition) is 1. The van der Waals surface area contributed by atoms with E-state index in [2.05, 4.69) is 19.1 Å². The van der Waals surface area contributed by atoms with E-state index in [1.165, 1.54) is 5.56 Å². The first-order chi connectivity index (χ1) is 10.6. The van der Waals surface area contributed by atoms with Gasteiger partial charge in [-0.2, -0.15) is 0 Å². The summed E-state index contributed by atoms with van der Waals surface area (Å²) in [4.78, 5) is 25.1. The summed E-state index contributed by atoms with van der Waals surface area (Å²) in [5.74, 6) is -0.00791. The minimum atomic E-state index is -0.749. The Morgan fingerprint density at radius 1 is 1.32 bits per heavy atom. The van der Waals surface area contributed by atoms with Crippen molar-refractivity contribution in [3.63, 3.8) is 0 Å². The van der Waals surface area contributed by atoms with Gasteiger partial charge in [-0.15, -0.1) is 0 Å². The number of nitrogens with zero attached hydrogens (tertiary/aromatic N) is 1.